The van der Waals surface area contributed by atoms with Crippen molar-refractivity contribution in [2.24, 2.45) is 23.7 Å². The number of amides is 2. The van der Waals surface area contributed by atoms with Crippen LogP contribution in [0.15, 0.2) is 12.2 Å². The number of carbonyl (C=O) groups excluding carboxylic acids is 2. The Labute approximate surface area is 116 Å². The minimum absolute atomic E-state index is 0.00340. The predicted molar refractivity (Wildman–Crippen MR) is 75.3 cm³/mol. The second-order valence-corrected chi connectivity index (χ2v) is 6.71. The Balaban J connectivity index is 2.18. The number of fused-ring (bicyclic) bond motifs is 2. The van der Waals surface area contributed by atoms with E-state index in [1.54, 1.807) is 0 Å². The molecule has 0 N–H and O–H groups in total. The Kier molecular flexibility index (Phi) is 3.84. The maximum atomic E-state index is 12.8. The molecule has 4 unspecified atom stereocenters. The van der Waals surface area contributed by atoms with Crippen molar-refractivity contribution in [1.29, 1.82) is 0 Å². The van der Waals surface area contributed by atoms with Crippen molar-refractivity contribution in [1.82, 2.24) is 4.90 Å². The van der Waals surface area contributed by atoms with Gasteiger partial charge < -0.3 is 0 Å². The van der Waals surface area contributed by atoms with Gasteiger partial charge in [-0.3, -0.25) is 14.5 Å². The lowest BCUT2D eigenvalue weighted by atomic mass is 9.82. The summed E-state index contributed by atoms with van der Waals surface area (Å²) in [6.07, 6.45) is 8.04. The van der Waals surface area contributed by atoms with Gasteiger partial charge in [0, 0.05) is 11.5 Å². The van der Waals surface area contributed by atoms with Crippen molar-refractivity contribution < 1.29 is 9.59 Å². The summed E-state index contributed by atoms with van der Waals surface area (Å²) in [5.74, 6) is 1.26. The highest BCUT2D eigenvalue weighted by Gasteiger charge is 2.48. The molecular weight excluding hydrogens is 238 g/mol. The van der Waals surface area contributed by atoms with E-state index in [2.05, 4.69) is 26.0 Å². The summed E-state index contributed by atoms with van der Waals surface area (Å²) in [6.45, 7) is 8.19. The Morgan fingerprint density at radius 2 is 2.00 bits per heavy atom. The van der Waals surface area contributed by atoms with Crippen LogP contribution >= 0.6 is 0 Å². The van der Waals surface area contributed by atoms with Crippen molar-refractivity contribution in [2.75, 3.05) is 0 Å². The molecule has 0 aliphatic heterocycles. The predicted octanol–water partition coefficient (Wildman–Crippen LogP) is 3.01. The lowest BCUT2D eigenvalue weighted by Crippen LogP contribution is -2.50. The third kappa shape index (κ3) is 2.35. The zero-order valence-electron chi connectivity index (χ0n) is 12.4. The zero-order valence-corrected chi connectivity index (χ0v) is 12.4. The summed E-state index contributed by atoms with van der Waals surface area (Å²) < 4.78 is 0. The van der Waals surface area contributed by atoms with Gasteiger partial charge in [-0.15, -0.1) is 0 Å². The van der Waals surface area contributed by atoms with Crippen LogP contribution < -0.4 is 0 Å². The SMILES string of the molecule is CCCC(C)(C)N(C=O)C(=O)C1C2C=CC(C2)C1C. The first-order chi connectivity index (χ1) is 8.92. The van der Waals surface area contributed by atoms with Gasteiger partial charge in [0.25, 0.3) is 0 Å². The Morgan fingerprint density at radius 1 is 1.37 bits per heavy atom. The number of rotatable bonds is 5. The van der Waals surface area contributed by atoms with Crippen LogP contribution in [0.5, 0.6) is 0 Å². The summed E-state index contributed by atoms with van der Waals surface area (Å²) in [6, 6.07) is 0. The fourth-order valence-corrected chi connectivity index (χ4v) is 3.86. The maximum absolute atomic E-state index is 12.8. The molecule has 19 heavy (non-hydrogen) atoms. The number of nitrogens with zero attached hydrogens (tertiary/aromatic N) is 1. The van der Waals surface area contributed by atoms with Crippen molar-refractivity contribution in [3.05, 3.63) is 12.2 Å². The molecule has 0 saturated heterocycles. The second kappa shape index (κ2) is 5.10. The number of carbonyl (C=O) groups is 2. The van der Waals surface area contributed by atoms with Gasteiger partial charge in [0.2, 0.25) is 12.3 Å². The van der Waals surface area contributed by atoms with Crippen LogP contribution in [-0.4, -0.2) is 22.8 Å². The normalized spacial score (nSPS) is 32.6. The number of imide groups is 1. The molecule has 1 saturated carbocycles. The minimum Gasteiger partial charge on any atom is -0.279 e. The van der Waals surface area contributed by atoms with Crippen molar-refractivity contribution in [2.45, 2.75) is 52.5 Å². The van der Waals surface area contributed by atoms with Crippen LogP contribution in [-0.2, 0) is 9.59 Å². The monoisotopic (exact) mass is 263 g/mol. The van der Waals surface area contributed by atoms with E-state index in [0.717, 1.165) is 25.7 Å². The molecule has 3 nitrogen and oxygen atoms in total. The van der Waals surface area contributed by atoms with E-state index in [9.17, 15) is 9.59 Å². The third-order valence-corrected chi connectivity index (χ3v) is 4.99. The van der Waals surface area contributed by atoms with Crippen LogP contribution in [0.25, 0.3) is 0 Å². The van der Waals surface area contributed by atoms with Crippen molar-refractivity contribution >= 4 is 12.3 Å². The molecule has 2 aliphatic carbocycles. The number of hydrogen-bond acceptors (Lipinski definition) is 2. The topological polar surface area (TPSA) is 37.4 Å². The second-order valence-electron chi connectivity index (χ2n) is 6.71. The Morgan fingerprint density at radius 3 is 2.47 bits per heavy atom. The van der Waals surface area contributed by atoms with Crippen LogP contribution in [0.2, 0.25) is 0 Å². The molecule has 2 rings (SSSR count). The molecule has 1 fully saturated rings. The van der Waals surface area contributed by atoms with Crippen molar-refractivity contribution in [3.8, 4) is 0 Å². The van der Waals surface area contributed by atoms with Crippen LogP contribution in [0.4, 0.5) is 0 Å². The van der Waals surface area contributed by atoms with Gasteiger partial charge in [-0.1, -0.05) is 32.4 Å². The summed E-state index contributed by atoms with van der Waals surface area (Å²) in [5.41, 5.74) is -0.376. The van der Waals surface area contributed by atoms with E-state index in [-0.39, 0.29) is 17.4 Å². The first kappa shape index (κ1) is 14.3. The van der Waals surface area contributed by atoms with E-state index in [1.165, 1.54) is 4.90 Å². The van der Waals surface area contributed by atoms with Gasteiger partial charge in [-0.05, 0) is 44.4 Å². The highest BCUT2D eigenvalue weighted by atomic mass is 16.2. The van der Waals surface area contributed by atoms with Gasteiger partial charge in [0.15, 0.2) is 0 Å². The quantitative estimate of drug-likeness (QED) is 0.565. The van der Waals surface area contributed by atoms with Crippen LogP contribution in [0.3, 0.4) is 0 Å². The highest BCUT2D eigenvalue weighted by Crippen LogP contribution is 2.48. The Hall–Kier alpha value is -1.12. The molecule has 2 bridgehead atoms. The van der Waals surface area contributed by atoms with Crippen LogP contribution in [0.1, 0.15) is 47.0 Å². The standard InChI is InChI=1S/C16H25NO2/c1-5-8-16(3,4)17(10-18)15(19)14-11(2)12-6-7-13(14)9-12/h6-7,10-14H,5,8-9H2,1-4H3. The molecule has 0 aromatic heterocycles. The largest absolute Gasteiger partial charge is 0.279 e. The molecule has 0 aromatic rings. The summed E-state index contributed by atoms with van der Waals surface area (Å²) in [4.78, 5) is 25.6. The molecule has 106 valence electrons. The average Bonchev–Trinajstić information content (AvgIpc) is 2.89. The third-order valence-electron chi connectivity index (χ3n) is 4.99. The van der Waals surface area contributed by atoms with E-state index in [0.29, 0.717) is 17.8 Å². The summed E-state index contributed by atoms with van der Waals surface area (Å²) in [7, 11) is 0. The van der Waals surface area contributed by atoms with E-state index < -0.39 is 0 Å². The van der Waals surface area contributed by atoms with Gasteiger partial charge in [0.1, 0.15) is 0 Å². The minimum atomic E-state index is -0.376. The fraction of sp³-hybridized carbons (Fsp3) is 0.750. The smallest absolute Gasteiger partial charge is 0.233 e. The average molecular weight is 263 g/mol. The van der Waals surface area contributed by atoms with Crippen LogP contribution in [0, 0.1) is 23.7 Å². The molecule has 4 atom stereocenters. The summed E-state index contributed by atoms with van der Waals surface area (Å²) >= 11 is 0. The first-order valence-electron chi connectivity index (χ1n) is 7.39. The number of allylic oxidation sites excluding steroid dienone is 2. The fourth-order valence-electron chi connectivity index (χ4n) is 3.86. The van der Waals surface area contributed by atoms with E-state index >= 15 is 0 Å². The maximum Gasteiger partial charge on any atom is 0.233 e. The summed E-state index contributed by atoms with van der Waals surface area (Å²) in [5, 5.41) is 0. The molecule has 0 heterocycles. The van der Waals surface area contributed by atoms with Crippen molar-refractivity contribution in [3.63, 3.8) is 0 Å². The molecule has 0 spiro atoms. The molecule has 3 heteroatoms. The van der Waals surface area contributed by atoms with E-state index in [4.69, 9.17) is 0 Å². The lowest BCUT2D eigenvalue weighted by Gasteiger charge is -2.38. The number of hydrogen-bond donors (Lipinski definition) is 0. The van der Waals surface area contributed by atoms with Gasteiger partial charge in [-0.2, -0.15) is 0 Å². The molecule has 0 aromatic carbocycles. The lowest BCUT2D eigenvalue weighted by molar-refractivity contribution is -0.149. The zero-order chi connectivity index (χ0) is 14.2. The first-order valence-corrected chi connectivity index (χ1v) is 7.39. The molecule has 2 aliphatic rings. The Bertz CT molecular complexity index is 400. The van der Waals surface area contributed by atoms with Gasteiger partial charge in [0.05, 0.1) is 0 Å². The molecule has 2 amide bonds. The highest BCUT2D eigenvalue weighted by molar-refractivity contribution is 5.90. The molecular formula is C16H25NO2. The van der Waals surface area contributed by atoms with Gasteiger partial charge in [-0.25, -0.2) is 0 Å². The molecule has 0 radical (unpaired) electrons. The van der Waals surface area contributed by atoms with E-state index in [1.807, 2.05) is 13.8 Å². The van der Waals surface area contributed by atoms with Gasteiger partial charge >= 0.3 is 0 Å².